The maximum Gasteiger partial charge on any atom is 0.356 e. The summed E-state index contributed by atoms with van der Waals surface area (Å²) < 4.78 is 10.7. The lowest BCUT2D eigenvalue weighted by Crippen LogP contribution is -2.22. The molecule has 8 nitrogen and oxygen atoms in total. The number of nitrogens with one attached hydrogen (secondary N) is 1. The molecule has 1 aromatic heterocycles. The number of aromatic nitrogens is 2. The molecule has 3 rings (SSSR count). The van der Waals surface area contributed by atoms with Gasteiger partial charge in [0.05, 0.1) is 26.6 Å². The third-order valence-electron chi connectivity index (χ3n) is 4.43. The van der Waals surface area contributed by atoms with Crippen molar-refractivity contribution in [2.75, 3.05) is 44.1 Å². The van der Waals surface area contributed by atoms with Gasteiger partial charge in [0.2, 0.25) is 0 Å². The van der Waals surface area contributed by atoms with Gasteiger partial charge in [0.15, 0.2) is 5.69 Å². The molecule has 0 aliphatic carbocycles. The molecular weight excluding hydrogens is 336 g/mol. The Morgan fingerprint density at radius 1 is 1.23 bits per heavy atom. The van der Waals surface area contributed by atoms with E-state index in [1.807, 2.05) is 18.2 Å². The molecule has 1 fully saturated rings. The molecule has 1 saturated heterocycles. The topological polar surface area (TPSA) is 96.8 Å². The lowest BCUT2D eigenvalue weighted by Gasteiger charge is -2.20. The number of ether oxygens (including phenoxy) is 2. The van der Waals surface area contributed by atoms with Crippen LogP contribution < -0.4 is 19.7 Å². The Bertz CT molecular complexity index is 744. The molecule has 0 radical (unpaired) electrons. The highest BCUT2D eigenvalue weighted by atomic mass is 16.5. The molecule has 0 bridgehead atoms. The summed E-state index contributed by atoms with van der Waals surface area (Å²) in [5.74, 6) is 1.50. The summed E-state index contributed by atoms with van der Waals surface area (Å²) in [5.41, 5.74) is 1.02. The second kappa shape index (κ2) is 7.90. The summed E-state index contributed by atoms with van der Waals surface area (Å²) >= 11 is 0. The number of anilines is 2. The predicted molar refractivity (Wildman–Crippen MR) is 97.3 cm³/mol. The summed E-state index contributed by atoms with van der Waals surface area (Å²) in [6.07, 6.45) is 3.75. The van der Waals surface area contributed by atoms with E-state index in [-0.39, 0.29) is 5.69 Å². The second-order valence-electron chi connectivity index (χ2n) is 6.14. The molecule has 1 atom stereocenters. The van der Waals surface area contributed by atoms with E-state index in [4.69, 9.17) is 14.6 Å². The van der Waals surface area contributed by atoms with Gasteiger partial charge in [0.25, 0.3) is 0 Å². The van der Waals surface area contributed by atoms with Crippen molar-refractivity contribution >= 4 is 17.5 Å². The SMILES string of the molecule is COc1cc(OC)cc(N2CCC(CNc3cnc(C(=O)O)cn3)C2)c1. The van der Waals surface area contributed by atoms with E-state index < -0.39 is 5.97 Å². The average molecular weight is 358 g/mol. The van der Waals surface area contributed by atoms with Gasteiger partial charge in [0, 0.05) is 43.5 Å². The van der Waals surface area contributed by atoms with Crippen LogP contribution in [0.3, 0.4) is 0 Å². The van der Waals surface area contributed by atoms with Crippen LogP contribution in [0.2, 0.25) is 0 Å². The highest BCUT2D eigenvalue weighted by molar-refractivity contribution is 5.84. The van der Waals surface area contributed by atoms with Crippen molar-refractivity contribution in [3.8, 4) is 11.5 Å². The first-order chi connectivity index (χ1) is 12.6. The third-order valence-corrected chi connectivity index (χ3v) is 4.43. The number of hydrogen-bond donors (Lipinski definition) is 2. The number of carboxylic acids is 1. The summed E-state index contributed by atoms with van der Waals surface area (Å²) in [7, 11) is 3.29. The minimum absolute atomic E-state index is 0.0606. The van der Waals surface area contributed by atoms with Crippen molar-refractivity contribution in [3.63, 3.8) is 0 Å². The Morgan fingerprint density at radius 2 is 1.96 bits per heavy atom. The van der Waals surface area contributed by atoms with Crippen molar-refractivity contribution in [1.82, 2.24) is 9.97 Å². The molecule has 1 aliphatic rings. The van der Waals surface area contributed by atoms with Gasteiger partial charge < -0.3 is 24.8 Å². The predicted octanol–water partition coefficient (Wildman–Crippen LogP) is 2.13. The van der Waals surface area contributed by atoms with E-state index in [1.165, 1.54) is 12.4 Å². The van der Waals surface area contributed by atoms with Crippen LogP contribution in [0.1, 0.15) is 16.9 Å². The van der Waals surface area contributed by atoms with E-state index in [1.54, 1.807) is 14.2 Å². The summed E-state index contributed by atoms with van der Waals surface area (Å²) in [5, 5.41) is 12.1. The summed E-state index contributed by atoms with van der Waals surface area (Å²) in [6, 6.07) is 5.88. The molecule has 0 amide bonds. The van der Waals surface area contributed by atoms with Gasteiger partial charge in [-0.3, -0.25) is 0 Å². The van der Waals surface area contributed by atoms with E-state index in [0.29, 0.717) is 11.7 Å². The number of benzene rings is 1. The number of methoxy groups -OCH3 is 2. The van der Waals surface area contributed by atoms with Crippen LogP contribution >= 0.6 is 0 Å². The molecule has 0 saturated carbocycles. The Hall–Kier alpha value is -3.03. The number of nitrogens with zero attached hydrogens (tertiary/aromatic N) is 3. The van der Waals surface area contributed by atoms with Crippen molar-refractivity contribution in [1.29, 1.82) is 0 Å². The van der Waals surface area contributed by atoms with E-state index in [9.17, 15) is 4.79 Å². The Kier molecular flexibility index (Phi) is 5.40. The van der Waals surface area contributed by atoms with Gasteiger partial charge in [-0.2, -0.15) is 0 Å². The lowest BCUT2D eigenvalue weighted by atomic mass is 10.1. The lowest BCUT2D eigenvalue weighted by molar-refractivity contribution is 0.0690. The molecule has 8 heteroatoms. The van der Waals surface area contributed by atoms with Crippen LogP contribution in [0.4, 0.5) is 11.5 Å². The van der Waals surface area contributed by atoms with E-state index in [0.717, 1.165) is 43.2 Å². The Morgan fingerprint density at radius 3 is 2.54 bits per heavy atom. The number of rotatable bonds is 7. The van der Waals surface area contributed by atoms with Crippen LogP contribution in [0.5, 0.6) is 11.5 Å². The van der Waals surface area contributed by atoms with Gasteiger partial charge in [-0.05, 0) is 12.3 Å². The van der Waals surface area contributed by atoms with Gasteiger partial charge in [-0.25, -0.2) is 14.8 Å². The molecule has 1 unspecified atom stereocenters. The minimum Gasteiger partial charge on any atom is -0.497 e. The van der Waals surface area contributed by atoms with Crippen LogP contribution in [-0.2, 0) is 0 Å². The zero-order valence-electron chi connectivity index (χ0n) is 14.8. The highest BCUT2D eigenvalue weighted by Crippen LogP contribution is 2.31. The maximum absolute atomic E-state index is 10.8. The van der Waals surface area contributed by atoms with Crippen molar-refractivity contribution in [2.24, 2.45) is 5.92 Å². The molecule has 0 spiro atoms. The molecule has 2 N–H and O–H groups in total. The van der Waals surface area contributed by atoms with Crippen molar-refractivity contribution < 1.29 is 19.4 Å². The quantitative estimate of drug-likeness (QED) is 0.777. The number of aromatic carboxylic acids is 1. The largest absolute Gasteiger partial charge is 0.497 e. The van der Waals surface area contributed by atoms with Crippen LogP contribution in [0.15, 0.2) is 30.6 Å². The molecule has 26 heavy (non-hydrogen) atoms. The third kappa shape index (κ3) is 4.14. The van der Waals surface area contributed by atoms with Gasteiger partial charge >= 0.3 is 5.97 Å². The highest BCUT2D eigenvalue weighted by Gasteiger charge is 2.23. The van der Waals surface area contributed by atoms with Crippen molar-refractivity contribution in [2.45, 2.75) is 6.42 Å². The zero-order valence-corrected chi connectivity index (χ0v) is 14.8. The first-order valence-electron chi connectivity index (χ1n) is 8.36. The smallest absolute Gasteiger partial charge is 0.356 e. The first kappa shape index (κ1) is 17.8. The van der Waals surface area contributed by atoms with Gasteiger partial charge in [-0.15, -0.1) is 0 Å². The maximum atomic E-state index is 10.8. The number of carbonyl (C=O) groups is 1. The number of hydrogen-bond acceptors (Lipinski definition) is 7. The Labute approximate surface area is 151 Å². The first-order valence-corrected chi connectivity index (χ1v) is 8.36. The van der Waals surface area contributed by atoms with Crippen LogP contribution in [-0.4, -0.2) is 54.9 Å². The van der Waals surface area contributed by atoms with E-state index >= 15 is 0 Å². The molecule has 2 heterocycles. The second-order valence-corrected chi connectivity index (χ2v) is 6.14. The van der Waals surface area contributed by atoms with Gasteiger partial charge in [-0.1, -0.05) is 0 Å². The molecule has 1 aliphatic heterocycles. The minimum atomic E-state index is -1.08. The van der Waals surface area contributed by atoms with Crippen LogP contribution in [0, 0.1) is 5.92 Å². The molecule has 2 aromatic rings. The standard InChI is InChI=1S/C18H22N4O4/c1-25-14-5-13(6-15(7-14)26-2)22-4-3-12(11-22)8-20-17-10-19-16(9-21-17)18(23)24/h5-7,9-10,12H,3-4,8,11H2,1-2H3,(H,20,21)(H,23,24). The monoisotopic (exact) mass is 358 g/mol. The van der Waals surface area contributed by atoms with Crippen molar-refractivity contribution in [3.05, 3.63) is 36.3 Å². The Balaban J connectivity index is 1.58. The fourth-order valence-corrected chi connectivity index (χ4v) is 2.99. The summed E-state index contributed by atoms with van der Waals surface area (Å²) in [4.78, 5) is 21.0. The molecule has 1 aromatic carbocycles. The van der Waals surface area contributed by atoms with Crippen LogP contribution in [0.25, 0.3) is 0 Å². The zero-order chi connectivity index (χ0) is 18.5. The summed E-state index contributed by atoms with van der Waals surface area (Å²) in [6.45, 7) is 2.61. The average Bonchev–Trinajstić information content (AvgIpc) is 3.15. The fourth-order valence-electron chi connectivity index (χ4n) is 2.99. The number of carboxylic acid groups (broad SMARTS) is 1. The van der Waals surface area contributed by atoms with Gasteiger partial charge in [0.1, 0.15) is 17.3 Å². The fraction of sp³-hybridized carbons (Fsp3) is 0.389. The molecular formula is C18H22N4O4. The normalized spacial score (nSPS) is 16.4. The molecule has 138 valence electrons. The van der Waals surface area contributed by atoms with E-state index in [2.05, 4.69) is 20.2 Å².